The van der Waals surface area contributed by atoms with Crippen LogP contribution in [0.3, 0.4) is 0 Å². The van der Waals surface area contributed by atoms with Crippen molar-refractivity contribution in [1.82, 2.24) is 15.1 Å². The molecule has 1 aromatic carbocycles. The zero-order chi connectivity index (χ0) is 18.2. The number of rotatable bonds is 3. The summed E-state index contributed by atoms with van der Waals surface area (Å²) in [4.78, 5) is 16.8. The summed E-state index contributed by atoms with van der Waals surface area (Å²) in [6.07, 6.45) is 1.88. The molecule has 3 aliphatic rings. The molecule has 5 rings (SSSR count). The monoisotopic (exact) mass is 366 g/mol. The SMILES string of the molecule is O=C(C1COc2ccccc2O1)N1CCN(c2ccc(C3CC3)nn2)CC1. The van der Waals surface area contributed by atoms with Gasteiger partial charge < -0.3 is 19.3 Å². The summed E-state index contributed by atoms with van der Waals surface area (Å²) in [6.45, 7) is 3.03. The second kappa shape index (κ2) is 6.72. The van der Waals surface area contributed by atoms with Crippen LogP contribution in [-0.4, -0.2) is 59.9 Å². The van der Waals surface area contributed by atoms with Gasteiger partial charge in [0, 0.05) is 32.1 Å². The average Bonchev–Trinajstić information content (AvgIpc) is 3.59. The molecule has 7 nitrogen and oxygen atoms in total. The van der Waals surface area contributed by atoms with Gasteiger partial charge in [0.25, 0.3) is 5.91 Å². The molecule has 2 fully saturated rings. The second-order valence-corrected chi connectivity index (χ2v) is 7.27. The topological polar surface area (TPSA) is 67.8 Å². The number of ether oxygens (including phenoxy) is 2. The molecule has 1 saturated heterocycles. The number of benzene rings is 1. The number of anilines is 1. The van der Waals surface area contributed by atoms with Gasteiger partial charge in [-0.2, -0.15) is 5.10 Å². The van der Waals surface area contributed by atoms with Crippen LogP contribution in [0, 0.1) is 0 Å². The summed E-state index contributed by atoms with van der Waals surface area (Å²) >= 11 is 0. The van der Waals surface area contributed by atoms with E-state index in [-0.39, 0.29) is 12.5 Å². The van der Waals surface area contributed by atoms with Crippen molar-refractivity contribution in [1.29, 1.82) is 0 Å². The minimum atomic E-state index is -0.580. The van der Waals surface area contributed by atoms with Crippen LogP contribution < -0.4 is 14.4 Å². The number of fused-ring (bicyclic) bond motifs is 1. The quantitative estimate of drug-likeness (QED) is 0.826. The zero-order valence-corrected chi connectivity index (χ0v) is 15.1. The van der Waals surface area contributed by atoms with Crippen molar-refractivity contribution >= 4 is 11.7 Å². The van der Waals surface area contributed by atoms with Gasteiger partial charge in [0.1, 0.15) is 6.61 Å². The predicted octanol–water partition coefficient (Wildman–Crippen LogP) is 1.84. The number of hydrogen-bond donors (Lipinski definition) is 0. The average molecular weight is 366 g/mol. The number of amides is 1. The van der Waals surface area contributed by atoms with Gasteiger partial charge in [-0.05, 0) is 37.1 Å². The fourth-order valence-electron chi connectivity index (χ4n) is 3.60. The standard InChI is InChI=1S/C20H22N4O3/c25-20(18-13-26-16-3-1-2-4-17(16)27-18)24-11-9-23(10-12-24)19-8-7-15(21-22-19)14-5-6-14/h1-4,7-8,14,18H,5-6,9-13H2. The smallest absolute Gasteiger partial charge is 0.267 e. The van der Waals surface area contributed by atoms with Crippen LogP contribution in [0.5, 0.6) is 11.5 Å². The lowest BCUT2D eigenvalue weighted by Gasteiger charge is -2.37. The first-order valence-electron chi connectivity index (χ1n) is 9.54. The fourth-order valence-corrected chi connectivity index (χ4v) is 3.60. The van der Waals surface area contributed by atoms with E-state index in [1.165, 1.54) is 12.8 Å². The minimum Gasteiger partial charge on any atom is -0.485 e. The van der Waals surface area contributed by atoms with Crippen molar-refractivity contribution < 1.29 is 14.3 Å². The van der Waals surface area contributed by atoms with E-state index in [1.807, 2.05) is 35.2 Å². The molecule has 2 aromatic rings. The van der Waals surface area contributed by atoms with Gasteiger partial charge in [0.2, 0.25) is 6.10 Å². The number of para-hydroxylation sites is 2. The minimum absolute atomic E-state index is 0.0145. The normalized spacial score (nSPS) is 21.9. The third-order valence-electron chi connectivity index (χ3n) is 5.37. The Balaban J connectivity index is 1.18. The van der Waals surface area contributed by atoms with Crippen LogP contribution in [-0.2, 0) is 4.79 Å². The number of carbonyl (C=O) groups is 1. The molecule has 0 radical (unpaired) electrons. The van der Waals surface area contributed by atoms with E-state index >= 15 is 0 Å². The maximum absolute atomic E-state index is 12.8. The lowest BCUT2D eigenvalue weighted by molar-refractivity contribution is -0.141. The van der Waals surface area contributed by atoms with E-state index in [2.05, 4.69) is 21.2 Å². The van der Waals surface area contributed by atoms with Crippen LogP contribution in [0.4, 0.5) is 5.82 Å². The summed E-state index contributed by atoms with van der Waals surface area (Å²) < 4.78 is 11.5. The van der Waals surface area contributed by atoms with Gasteiger partial charge >= 0.3 is 0 Å². The fraction of sp³-hybridized carbons (Fsp3) is 0.450. The molecule has 0 spiro atoms. The van der Waals surface area contributed by atoms with E-state index in [0.29, 0.717) is 30.5 Å². The summed E-state index contributed by atoms with van der Waals surface area (Å²) in [7, 11) is 0. The Morgan fingerprint density at radius 1 is 0.963 bits per heavy atom. The molecular weight excluding hydrogens is 344 g/mol. The van der Waals surface area contributed by atoms with Gasteiger partial charge in [-0.15, -0.1) is 5.10 Å². The Kier molecular flexibility index (Phi) is 4.07. The molecule has 1 aromatic heterocycles. The first-order chi connectivity index (χ1) is 13.3. The molecule has 2 aliphatic heterocycles. The highest BCUT2D eigenvalue weighted by Crippen LogP contribution is 2.38. The number of aromatic nitrogens is 2. The molecule has 7 heteroatoms. The number of nitrogens with zero attached hydrogens (tertiary/aromatic N) is 4. The lowest BCUT2D eigenvalue weighted by Crippen LogP contribution is -2.54. The highest BCUT2D eigenvalue weighted by atomic mass is 16.6. The maximum Gasteiger partial charge on any atom is 0.267 e. The molecule has 1 unspecified atom stereocenters. The highest BCUT2D eigenvalue weighted by molar-refractivity contribution is 5.82. The van der Waals surface area contributed by atoms with Crippen molar-refractivity contribution in [2.75, 3.05) is 37.7 Å². The van der Waals surface area contributed by atoms with Crippen molar-refractivity contribution in [3.8, 4) is 11.5 Å². The Morgan fingerprint density at radius 3 is 2.44 bits per heavy atom. The van der Waals surface area contributed by atoms with Gasteiger partial charge in [-0.25, -0.2) is 0 Å². The summed E-state index contributed by atoms with van der Waals surface area (Å²) in [5.41, 5.74) is 1.10. The molecule has 1 amide bonds. The van der Waals surface area contributed by atoms with Crippen molar-refractivity contribution in [2.24, 2.45) is 0 Å². The van der Waals surface area contributed by atoms with Gasteiger partial charge in [-0.1, -0.05) is 12.1 Å². The molecule has 27 heavy (non-hydrogen) atoms. The molecule has 0 N–H and O–H groups in total. The van der Waals surface area contributed by atoms with Crippen molar-refractivity contribution in [2.45, 2.75) is 24.9 Å². The first-order valence-corrected chi connectivity index (χ1v) is 9.54. The lowest BCUT2D eigenvalue weighted by atomic mass is 10.2. The van der Waals surface area contributed by atoms with Crippen LogP contribution in [0.1, 0.15) is 24.5 Å². The molecule has 140 valence electrons. The summed E-state index contributed by atoms with van der Waals surface area (Å²) in [6, 6.07) is 11.6. The molecule has 1 atom stereocenters. The van der Waals surface area contributed by atoms with E-state index in [0.717, 1.165) is 24.6 Å². The third-order valence-corrected chi connectivity index (χ3v) is 5.37. The number of carbonyl (C=O) groups excluding carboxylic acids is 1. The van der Waals surface area contributed by atoms with Crippen LogP contribution >= 0.6 is 0 Å². The van der Waals surface area contributed by atoms with Crippen LogP contribution in [0.2, 0.25) is 0 Å². The molecular formula is C20H22N4O3. The van der Waals surface area contributed by atoms with Crippen molar-refractivity contribution in [3.05, 3.63) is 42.1 Å². The zero-order valence-electron chi connectivity index (χ0n) is 15.1. The van der Waals surface area contributed by atoms with Gasteiger partial charge in [0.05, 0.1) is 5.69 Å². The summed E-state index contributed by atoms with van der Waals surface area (Å²) in [5.74, 6) is 2.81. The number of hydrogen-bond acceptors (Lipinski definition) is 6. The Bertz CT molecular complexity index is 829. The number of piperazine rings is 1. The Labute approximate surface area is 157 Å². The van der Waals surface area contributed by atoms with Gasteiger partial charge in [0.15, 0.2) is 17.3 Å². The van der Waals surface area contributed by atoms with E-state index in [9.17, 15) is 4.79 Å². The molecule has 3 heterocycles. The largest absolute Gasteiger partial charge is 0.485 e. The van der Waals surface area contributed by atoms with Crippen LogP contribution in [0.25, 0.3) is 0 Å². The second-order valence-electron chi connectivity index (χ2n) is 7.27. The van der Waals surface area contributed by atoms with E-state index < -0.39 is 6.10 Å². The van der Waals surface area contributed by atoms with Crippen molar-refractivity contribution in [3.63, 3.8) is 0 Å². The van der Waals surface area contributed by atoms with E-state index in [4.69, 9.17) is 9.47 Å². The van der Waals surface area contributed by atoms with E-state index in [1.54, 1.807) is 0 Å². The maximum atomic E-state index is 12.8. The Hall–Kier alpha value is -2.83. The highest BCUT2D eigenvalue weighted by Gasteiger charge is 2.33. The first kappa shape index (κ1) is 16.4. The molecule has 1 aliphatic carbocycles. The van der Waals surface area contributed by atoms with Gasteiger partial charge in [-0.3, -0.25) is 4.79 Å². The third kappa shape index (κ3) is 3.29. The van der Waals surface area contributed by atoms with Crippen LogP contribution in [0.15, 0.2) is 36.4 Å². The Morgan fingerprint density at radius 2 is 1.74 bits per heavy atom. The summed E-state index contributed by atoms with van der Waals surface area (Å²) in [5, 5.41) is 8.73. The predicted molar refractivity (Wildman–Crippen MR) is 99.2 cm³/mol. The molecule has 1 saturated carbocycles. The molecule has 0 bridgehead atoms.